The Labute approximate surface area is 156 Å². The number of amides is 2. The second-order valence-electron chi connectivity index (χ2n) is 6.48. The summed E-state index contributed by atoms with van der Waals surface area (Å²) in [5.41, 5.74) is 6.40. The van der Waals surface area contributed by atoms with Gasteiger partial charge in [-0.3, -0.25) is 9.59 Å². The van der Waals surface area contributed by atoms with Crippen LogP contribution in [0.25, 0.3) is 0 Å². The molecule has 2 amide bonds. The van der Waals surface area contributed by atoms with Gasteiger partial charge in [0.1, 0.15) is 5.54 Å². The van der Waals surface area contributed by atoms with Crippen molar-refractivity contribution >= 4 is 24.2 Å². The van der Waals surface area contributed by atoms with Crippen LogP contribution < -0.4 is 11.1 Å². The zero-order valence-electron chi connectivity index (χ0n) is 15.2. The second kappa shape index (κ2) is 9.78. The number of benzene rings is 1. The summed E-state index contributed by atoms with van der Waals surface area (Å²) in [5, 5.41) is 3.07. The zero-order valence-corrected chi connectivity index (χ0v) is 16.0. The molecule has 0 unspecified atom stereocenters. The molecule has 6 heteroatoms. The summed E-state index contributed by atoms with van der Waals surface area (Å²) in [6.07, 6.45) is 4.50. The van der Waals surface area contributed by atoms with E-state index in [2.05, 4.69) is 5.32 Å². The highest BCUT2D eigenvalue weighted by molar-refractivity contribution is 5.99. The quantitative estimate of drug-likeness (QED) is 0.811. The number of nitrogens with one attached hydrogen (secondary N) is 1. The lowest BCUT2D eigenvalue weighted by Gasteiger charge is -2.40. The monoisotopic (exact) mass is 367 g/mol. The lowest BCUT2D eigenvalue weighted by atomic mass is 9.80. The third kappa shape index (κ3) is 4.95. The van der Waals surface area contributed by atoms with Gasteiger partial charge in [0.25, 0.3) is 5.91 Å². The molecule has 0 aliphatic heterocycles. The summed E-state index contributed by atoms with van der Waals surface area (Å²) in [7, 11) is 0. The molecule has 1 aliphatic carbocycles. The second-order valence-corrected chi connectivity index (χ2v) is 6.48. The van der Waals surface area contributed by atoms with Crippen LogP contribution in [0.2, 0.25) is 0 Å². The fourth-order valence-corrected chi connectivity index (χ4v) is 3.44. The summed E-state index contributed by atoms with van der Waals surface area (Å²) >= 11 is 0. The molecule has 0 radical (unpaired) electrons. The standard InChI is InChI=1S/C19H29N3O2.ClH/c1-3-22(4-2)18(24)19(12-6-5-7-13-19)21-17(23)16-10-8-15(14-20)9-11-16;/h8-11H,3-7,12-14,20H2,1-2H3,(H,21,23);1H. The van der Waals surface area contributed by atoms with Crippen LogP contribution in [0.3, 0.4) is 0 Å². The molecule has 0 saturated heterocycles. The molecule has 0 heterocycles. The van der Waals surface area contributed by atoms with Gasteiger partial charge in [0.2, 0.25) is 5.91 Å². The largest absolute Gasteiger partial charge is 0.341 e. The highest BCUT2D eigenvalue weighted by Crippen LogP contribution is 2.30. The average molecular weight is 368 g/mol. The first kappa shape index (κ1) is 21.5. The number of hydrogen-bond donors (Lipinski definition) is 2. The third-order valence-electron chi connectivity index (χ3n) is 4.97. The molecule has 0 spiro atoms. The summed E-state index contributed by atoms with van der Waals surface area (Å²) < 4.78 is 0. The number of hydrogen-bond acceptors (Lipinski definition) is 3. The summed E-state index contributed by atoms with van der Waals surface area (Å²) in [6, 6.07) is 7.26. The molecule has 0 atom stereocenters. The van der Waals surface area contributed by atoms with Crippen LogP contribution >= 0.6 is 12.4 Å². The van der Waals surface area contributed by atoms with Gasteiger partial charge in [-0.05, 0) is 44.4 Å². The molecule has 25 heavy (non-hydrogen) atoms. The fourth-order valence-electron chi connectivity index (χ4n) is 3.44. The Morgan fingerprint density at radius 1 is 1.08 bits per heavy atom. The Bertz CT molecular complexity index is 565. The minimum absolute atomic E-state index is 0. The summed E-state index contributed by atoms with van der Waals surface area (Å²) in [5.74, 6) is -0.125. The average Bonchev–Trinajstić information content (AvgIpc) is 2.63. The van der Waals surface area contributed by atoms with Crippen molar-refractivity contribution in [1.29, 1.82) is 0 Å². The van der Waals surface area contributed by atoms with Gasteiger partial charge in [0.15, 0.2) is 0 Å². The molecule has 5 nitrogen and oxygen atoms in total. The van der Waals surface area contributed by atoms with Crippen LogP contribution in [0.15, 0.2) is 24.3 Å². The molecule has 1 fully saturated rings. The van der Waals surface area contributed by atoms with Crippen molar-refractivity contribution in [3.05, 3.63) is 35.4 Å². The van der Waals surface area contributed by atoms with E-state index in [0.717, 1.165) is 37.7 Å². The van der Waals surface area contributed by atoms with Crippen molar-refractivity contribution in [1.82, 2.24) is 10.2 Å². The Morgan fingerprint density at radius 2 is 1.64 bits per heavy atom. The molecule has 1 aromatic rings. The Hall–Kier alpha value is -1.59. The van der Waals surface area contributed by atoms with Crippen LogP contribution in [0.4, 0.5) is 0 Å². The number of halogens is 1. The Balaban J connectivity index is 0.00000312. The molecule has 0 bridgehead atoms. The maximum atomic E-state index is 13.0. The van der Waals surface area contributed by atoms with Gasteiger partial charge < -0.3 is 16.0 Å². The molecule has 1 aromatic carbocycles. The van der Waals surface area contributed by atoms with E-state index in [1.54, 1.807) is 12.1 Å². The van der Waals surface area contributed by atoms with E-state index in [1.165, 1.54) is 0 Å². The van der Waals surface area contributed by atoms with Crippen molar-refractivity contribution in [2.75, 3.05) is 13.1 Å². The highest BCUT2D eigenvalue weighted by atomic mass is 35.5. The van der Waals surface area contributed by atoms with Gasteiger partial charge in [0.05, 0.1) is 0 Å². The van der Waals surface area contributed by atoms with Crippen LogP contribution in [-0.4, -0.2) is 35.3 Å². The molecule has 140 valence electrons. The van der Waals surface area contributed by atoms with Gasteiger partial charge in [-0.1, -0.05) is 31.4 Å². The zero-order chi connectivity index (χ0) is 17.6. The minimum atomic E-state index is -0.756. The molecule has 3 N–H and O–H groups in total. The van der Waals surface area contributed by atoms with E-state index in [9.17, 15) is 9.59 Å². The number of likely N-dealkylation sites (N-methyl/N-ethyl adjacent to an activating group) is 1. The molecule has 2 rings (SSSR count). The van der Waals surface area contributed by atoms with E-state index in [1.807, 2.05) is 30.9 Å². The van der Waals surface area contributed by atoms with Gasteiger partial charge in [-0.2, -0.15) is 0 Å². The highest BCUT2D eigenvalue weighted by Gasteiger charge is 2.42. The molecular formula is C19H30ClN3O2. The van der Waals surface area contributed by atoms with Gasteiger partial charge in [-0.25, -0.2) is 0 Å². The van der Waals surface area contributed by atoms with Crippen LogP contribution in [0, 0.1) is 0 Å². The van der Waals surface area contributed by atoms with Crippen molar-refractivity contribution < 1.29 is 9.59 Å². The van der Waals surface area contributed by atoms with Gasteiger partial charge >= 0.3 is 0 Å². The predicted molar refractivity (Wildman–Crippen MR) is 103 cm³/mol. The van der Waals surface area contributed by atoms with Crippen molar-refractivity contribution in [3.8, 4) is 0 Å². The lowest BCUT2D eigenvalue weighted by molar-refractivity contribution is -0.139. The molecule has 1 saturated carbocycles. The molecule has 1 aliphatic rings. The first-order valence-electron chi connectivity index (χ1n) is 8.97. The van der Waals surface area contributed by atoms with E-state index < -0.39 is 5.54 Å². The van der Waals surface area contributed by atoms with Crippen LogP contribution in [-0.2, 0) is 11.3 Å². The number of carbonyl (C=O) groups excluding carboxylic acids is 2. The van der Waals surface area contributed by atoms with Crippen molar-refractivity contribution in [2.45, 2.75) is 58.0 Å². The first-order chi connectivity index (χ1) is 11.6. The maximum absolute atomic E-state index is 13.0. The Kier molecular flexibility index (Phi) is 8.39. The van der Waals surface area contributed by atoms with Gasteiger partial charge in [0, 0.05) is 25.2 Å². The van der Waals surface area contributed by atoms with E-state index >= 15 is 0 Å². The van der Waals surface area contributed by atoms with Crippen LogP contribution in [0.1, 0.15) is 61.9 Å². The minimum Gasteiger partial charge on any atom is -0.341 e. The number of nitrogens with zero attached hydrogens (tertiary/aromatic N) is 1. The summed E-state index contributed by atoms with van der Waals surface area (Å²) in [4.78, 5) is 27.6. The SMILES string of the molecule is CCN(CC)C(=O)C1(NC(=O)c2ccc(CN)cc2)CCCCC1.Cl. The fraction of sp³-hybridized carbons (Fsp3) is 0.579. The molecular weight excluding hydrogens is 338 g/mol. The third-order valence-corrected chi connectivity index (χ3v) is 4.97. The first-order valence-corrected chi connectivity index (χ1v) is 8.97. The van der Waals surface area contributed by atoms with E-state index in [0.29, 0.717) is 25.2 Å². The van der Waals surface area contributed by atoms with Crippen molar-refractivity contribution in [2.24, 2.45) is 5.73 Å². The molecule has 0 aromatic heterocycles. The smallest absolute Gasteiger partial charge is 0.252 e. The number of nitrogens with two attached hydrogens (primary N) is 1. The number of rotatable bonds is 6. The predicted octanol–water partition coefficient (Wildman–Crippen LogP) is 2.87. The van der Waals surface area contributed by atoms with Crippen molar-refractivity contribution in [3.63, 3.8) is 0 Å². The Morgan fingerprint density at radius 3 is 2.12 bits per heavy atom. The topological polar surface area (TPSA) is 75.4 Å². The van der Waals surface area contributed by atoms with Crippen LogP contribution in [0.5, 0.6) is 0 Å². The maximum Gasteiger partial charge on any atom is 0.252 e. The number of carbonyl (C=O) groups is 2. The van der Waals surface area contributed by atoms with Gasteiger partial charge in [-0.15, -0.1) is 12.4 Å². The lowest BCUT2D eigenvalue weighted by Crippen LogP contribution is -2.60. The normalized spacial score (nSPS) is 15.8. The summed E-state index contributed by atoms with van der Waals surface area (Å²) in [6.45, 7) is 5.74. The van der Waals surface area contributed by atoms with E-state index in [4.69, 9.17) is 5.73 Å². The van der Waals surface area contributed by atoms with E-state index in [-0.39, 0.29) is 24.2 Å².